The summed E-state index contributed by atoms with van der Waals surface area (Å²) in [6.45, 7) is 4.54. The van der Waals surface area contributed by atoms with Crippen LogP contribution in [0.15, 0.2) is 53.1 Å². The van der Waals surface area contributed by atoms with Crippen molar-refractivity contribution >= 4 is 5.57 Å². The monoisotopic (exact) mass is 264 g/mol. The highest BCUT2D eigenvalue weighted by atomic mass is 14.2. The van der Waals surface area contributed by atoms with Crippen LogP contribution < -0.4 is 0 Å². The van der Waals surface area contributed by atoms with Crippen molar-refractivity contribution in [2.75, 3.05) is 0 Å². The van der Waals surface area contributed by atoms with Gasteiger partial charge in [0, 0.05) is 0 Å². The summed E-state index contributed by atoms with van der Waals surface area (Å²) in [5.74, 6) is 0. The van der Waals surface area contributed by atoms with Crippen molar-refractivity contribution in [3.63, 3.8) is 0 Å². The number of aryl methyl sites for hydroxylation is 1. The van der Waals surface area contributed by atoms with Gasteiger partial charge in [-0.3, -0.25) is 0 Å². The first-order valence-corrected chi connectivity index (χ1v) is 8.03. The highest BCUT2D eigenvalue weighted by Gasteiger charge is 2.18. The summed E-state index contributed by atoms with van der Waals surface area (Å²) in [5.41, 5.74) is 9.31. The lowest BCUT2D eigenvalue weighted by Gasteiger charge is -2.24. The summed E-state index contributed by atoms with van der Waals surface area (Å²) in [5, 5.41) is 0. The molecule has 0 heteroatoms. The molecule has 0 bridgehead atoms. The second kappa shape index (κ2) is 5.83. The molecule has 2 aliphatic rings. The van der Waals surface area contributed by atoms with Crippen LogP contribution in [0.25, 0.3) is 5.57 Å². The van der Waals surface area contributed by atoms with Crippen LogP contribution >= 0.6 is 0 Å². The van der Waals surface area contributed by atoms with E-state index < -0.39 is 0 Å². The predicted molar refractivity (Wildman–Crippen MR) is 87.7 cm³/mol. The van der Waals surface area contributed by atoms with Gasteiger partial charge in [0.25, 0.3) is 0 Å². The molecule has 20 heavy (non-hydrogen) atoms. The van der Waals surface area contributed by atoms with Crippen molar-refractivity contribution in [1.82, 2.24) is 0 Å². The third kappa shape index (κ3) is 2.40. The van der Waals surface area contributed by atoms with Crippen molar-refractivity contribution in [3.8, 4) is 0 Å². The van der Waals surface area contributed by atoms with E-state index in [1.54, 1.807) is 22.3 Å². The SMILES string of the molecule is CCC1=CC/C(=C2/CCCc3ccccc32)C=C1CC. The predicted octanol–water partition coefficient (Wildman–Crippen LogP) is 5.85. The molecule has 1 aromatic rings. The minimum atomic E-state index is 1.12. The average Bonchev–Trinajstić information content (AvgIpc) is 2.53. The van der Waals surface area contributed by atoms with Gasteiger partial charge in [0.05, 0.1) is 0 Å². The fourth-order valence-corrected chi connectivity index (χ4v) is 3.59. The lowest BCUT2D eigenvalue weighted by molar-refractivity contribution is 0.816. The fourth-order valence-electron chi connectivity index (χ4n) is 3.59. The fraction of sp³-hybridized carbons (Fsp3) is 0.400. The Bertz CT molecular complexity index is 596. The number of hydrogen-bond donors (Lipinski definition) is 0. The van der Waals surface area contributed by atoms with Crippen LogP contribution in [0.3, 0.4) is 0 Å². The second-order valence-corrected chi connectivity index (χ2v) is 5.82. The molecule has 1 aromatic carbocycles. The van der Waals surface area contributed by atoms with Gasteiger partial charge in [-0.05, 0) is 71.9 Å². The van der Waals surface area contributed by atoms with Crippen LogP contribution in [0.5, 0.6) is 0 Å². The van der Waals surface area contributed by atoms with Crippen LogP contribution in [0.1, 0.15) is 57.1 Å². The molecule has 2 aliphatic carbocycles. The van der Waals surface area contributed by atoms with Gasteiger partial charge >= 0.3 is 0 Å². The highest BCUT2D eigenvalue weighted by Crippen LogP contribution is 2.37. The lowest BCUT2D eigenvalue weighted by Crippen LogP contribution is -2.05. The van der Waals surface area contributed by atoms with Crippen LogP contribution in [-0.2, 0) is 6.42 Å². The first kappa shape index (κ1) is 13.4. The third-order valence-electron chi connectivity index (χ3n) is 4.69. The molecule has 0 aliphatic heterocycles. The first-order valence-electron chi connectivity index (χ1n) is 8.03. The molecule has 0 spiro atoms. The molecule has 0 N–H and O–H groups in total. The molecule has 0 saturated heterocycles. The van der Waals surface area contributed by atoms with E-state index in [9.17, 15) is 0 Å². The topological polar surface area (TPSA) is 0 Å². The summed E-state index contributed by atoms with van der Waals surface area (Å²) in [6, 6.07) is 8.98. The van der Waals surface area contributed by atoms with E-state index in [0.29, 0.717) is 0 Å². The minimum Gasteiger partial charge on any atom is -0.0766 e. The molecule has 0 amide bonds. The summed E-state index contributed by atoms with van der Waals surface area (Å²) in [6.07, 6.45) is 12.2. The van der Waals surface area contributed by atoms with Gasteiger partial charge in [-0.15, -0.1) is 0 Å². The van der Waals surface area contributed by atoms with E-state index in [-0.39, 0.29) is 0 Å². The van der Waals surface area contributed by atoms with Gasteiger partial charge < -0.3 is 0 Å². The number of benzene rings is 1. The summed E-state index contributed by atoms with van der Waals surface area (Å²) in [4.78, 5) is 0. The number of rotatable bonds is 2. The Balaban J connectivity index is 2.05. The Labute approximate surface area is 122 Å². The van der Waals surface area contributed by atoms with Crippen LogP contribution in [0.4, 0.5) is 0 Å². The maximum atomic E-state index is 2.48. The minimum absolute atomic E-state index is 1.12. The molecule has 0 aromatic heterocycles. The summed E-state index contributed by atoms with van der Waals surface area (Å²) >= 11 is 0. The van der Waals surface area contributed by atoms with Crippen LogP contribution in [0.2, 0.25) is 0 Å². The third-order valence-corrected chi connectivity index (χ3v) is 4.69. The molecule has 0 nitrogen and oxygen atoms in total. The standard InChI is InChI=1S/C20H24/c1-3-15-12-13-18(14-16(15)4-2)20-11-7-9-17-8-5-6-10-19(17)20/h5-6,8,10,12,14H,3-4,7,9,11,13H2,1-2H3/b20-18+. The maximum absolute atomic E-state index is 2.48. The molecule has 0 saturated carbocycles. The molecule has 3 rings (SSSR count). The van der Waals surface area contributed by atoms with Crippen LogP contribution in [0, 0.1) is 0 Å². The van der Waals surface area contributed by atoms with Crippen molar-refractivity contribution < 1.29 is 0 Å². The normalized spacial score (nSPS) is 22.1. The van der Waals surface area contributed by atoms with Gasteiger partial charge in [0.1, 0.15) is 0 Å². The van der Waals surface area contributed by atoms with Crippen molar-refractivity contribution in [3.05, 3.63) is 64.3 Å². The Morgan fingerprint density at radius 3 is 2.55 bits per heavy atom. The van der Waals surface area contributed by atoms with Crippen molar-refractivity contribution in [2.24, 2.45) is 0 Å². The van der Waals surface area contributed by atoms with Gasteiger partial charge in [-0.2, -0.15) is 0 Å². The zero-order valence-electron chi connectivity index (χ0n) is 12.7. The molecule has 0 atom stereocenters. The quantitative estimate of drug-likeness (QED) is 0.628. The van der Waals surface area contributed by atoms with Gasteiger partial charge in [-0.25, -0.2) is 0 Å². The molecule has 0 heterocycles. The van der Waals surface area contributed by atoms with E-state index >= 15 is 0 Å². The first-order chi connectivity index (χ1) is 9.83. The van der Waals surface area contributed by atoms with Gasteiger partial charge in [-0.1, -0.05) is 50.3 Å². The Morgan fingerprint density at radius 1 is 0.950 bits per heavy atom. The van der Waals surface area contributed by atoms with Crippen molar-refractivity contribution in [1.29, 1.82) is 0 Å². The van der Waals surface area contributed by atoms with E-state index in [0.717, 1.165) is 12.8 Å². The molecule has 0 radical (unpaired) electrons. The zero-order valence-corrected chi connectivity index (χ0v) is 12.7. The Morgan fingerprint density at radius 2 is 1.75 bits per heavy atom. The van der Waals surface area contributed by atoms with E-state index in [1.165, 1.54) is 36.8 Å². The van der Waals surface area contributed by atoms with Crippen molar-refractivity contribution in [2.45, 2.75) is 52.4 Å². The molecule has 0 unspecified atom stereocenters. The molecule has 0 fully saturated rings. The zero-order chi connectivity index (χ0) is 13.9. The Hall–Kier alpha value is -1.56. The maximum Gasteiger partial charge on any atom is -0.00885 e. The number of allylic oxidation sites excluding steroid dienone is 6. The molecular formula is C20H24. The smallest absolute Gasteiger partial charge is 0.00885 e. The largest absolute Gasteiger partial charge is 0.0766 e. The Kier molecular flexibility index (Phi) is 3.91. The van der Waals surface area contributed by atoms with Gasteiger partial charge in [0.2, 0.25) is 0 Å². The molecule has 104 valence electrons. The summed E-state index contributed by atoms with van der Waals surface area (Å²) < 4.78 is 0. The second-order valence-electron chi connectivity index (χ2n) is 5.82. The average molecular weight is 264 g/mol. The number of fused-ring (bicyclic) bond motifs is 1. The molecular weight excluding hydrogens is 240 g/mol. The van der Waals surface area contributed by atoms with Crippen LogP contribution in [-0.4, -0.2) is 0 Å². The van der Waals surface area contributed by atoms with E-state index in [1.807, 2.05) is 0 Å². The van der Waals surface area contributed by atoms with Gasteiger partial charge in [0.15, 0.2) is 0 Å². The summed E-state index contributed by atoms with van der Waals surface area (Å²) in [7, 11) is 0. The van der Waals surface area contributed by atoms with E-state index in [2.05, 4.69) is 50.3 Å². The lowest BCUT2D eigenvalue weighted by atomic mass is 9.81. The number of hydrogen-bond acceptors (Lipinski definition) is 0. The van der Waals surface area contributed by atoms with E-state index in [4.69, 9.17) is 0 Å². The highest BCUT2D eigenvalue weighted by molar-refractivity contribution is 5.75.